The molecular formula is C10H19N3O2. The first-order chi connectivity index (χ1) is 7.22. The fourth-order valence-corrected chi connectivity index (χ4v) is 2.32. The molecule has 0 aliphatic carbocycles. The number of carbonyl (C=O) groups is 1. The number of morpholine rings is 1. The van der Waals surface area contributed by atoms with E-state index >= 15 is 0 Å². The third-order valence-corrected chi connectivity index (χ3v) is 3.26. The third-order valence-electron chi connectivity index (χ3n) is 3.26. The Morgan fingerprint density at radius 2 is 2.33 bits per heavy atom. The summed E-state index contributed by atoms with van der Waals surface area (Å²) in [6, 6.07) is 0.388. The molecule has 2 aliphatic rings. The molecule has 0 bridgehead atoms. The molecule has 0 radical (unpaired) electrons. The lowest BCUT2D eigenvalue weighted by molar-refractivity contribution is -0.129. The van der Waals surface area contributed by atoms with Crippen molar-refractivity contribution in [2.45, 2.75) is 12.1 Å². The van der Waals surface area contributed by atoms with Crippen LogP contribution >= 0.6 is 0 Å². The van der Waals surface area contributed by atoms with Crippen LogP contribution in [0.4, 0.5) is 0 Å². The van der Waals surface area contributed by atoms with Crippen LogP contribution in [0.3, 0.4) is 0 Å². The molecular weight excluding hydrogens is 194 g/mol. The van der Waals surface area contributed by atoms with Crippen molar-refractivity contribution in [3.05, 3.63) is 0 Å². The summed E-state index contributed by atoms with van der Waals surface area (Å²) in [7, 11) is 3.90. The molecule has 2 heterocycles. The molecule has 2 atom stereocenters. The fraction of sp³-hybridized carbons (Fsp3) is 0.900. The first-order valence-electron chi connectivity index (χ1n) is 5.46. The van der Waals surface area contributed by atoms with E-state index in [1.54, 1.807) is 7.05 Å². The van der Waals surface area contributed by atoms with Gasteiger partial charge in [-0.2, -0.15) is 0 Å². The highest BCUT2D eigenvalue weighted by Crippen LogP contribution is 2.21. The van der Waals surface area contributed by atoms with Gasteiger partial charge in [0, 0.05) is 19.6 Å². The summed E-state index contributed by atoms with van der Waals surface area (Å²) in [6.07, 6.45) is 0.213. The summed E-state index contributed by atoms with van der Waals surface area (Å²) >= 11 is 0. The Bertz CT molecular complexity index is 247. The number of fused-ring (bicyclic) bond motifs is 1. The predicted octanol–water partition coefficient (Wildman–Crippen LogP) is -1.25. The molecule has 2 aliphatic heterocycles. The Morgan fingerprint density at radius 3 is 3.00 bits per heavy atom. The molecule has 2 saturated heterocycles. The molecule has 1 amide bonds. The fourth-order valence-electron chi connectivity index (χ4n) is 2.32. The van der Waals surface area contributed by atoms with Gasteiger partial charge < -0.3 is 15.0 Å². The molecule has 0 unspecified atom stereocenters. The lowest BCUT2D eigenvalue weighted by Gasteiger charge is -2.33. The van der Waals surface area contributed by atoms with Gasteiger partial charge in [-0.05, 0) is 14.1 Å². The number of hydrogen-bond acceptors (Lipinski definition) is 4. The van der Waals surface area contributed by atoms with Crippen LogP contribution in [0.5, 0.6) is 0 Å². The zero-order chi connectivity index (χ0) is 10.8. The quantitative estimate of drug-likeness (QED) is 0.622. The normalized spacial score (nSPS) is 31.7. The van der Waals surface area contributed by atoms with E-state index in [1.165, 1.54) is 0 Å². The van der Waals surface area contributed by atoms with Gasteiger partial charge in [0.25, 0.3) is 0 Å². The molecule has 0 saturated carbocycles. The lowest BCUT2D eigenvalue weighted by atomic mass is 10.1. The number of likely N-dealkylation sites (tertiary alicyclic amines) is 1. The van der Waals surface area contributed by atoms with Gasteiger partial charge in [-0.1, -0.05) is 0 Å². The SMILES string of the molecule is CNCC(=O)N1C[C@H]2OCCN(C)[C@H]2C1. The molecule has 15 heavy (non-hydrogen) atoms. The van der Waals surface area contributed by atoms with Crippen LogP contribution < -0.4 is 5.32 Å². The molecule has 86 valence electrons. The monoisotopic (exact) mass is 213 g/mol. The summed E-state index contributed by atoms with van der Waals surface area (Å²) in [5.41, 5.74) is 0. The zero-order valence-electron chi connectivity index (χ0n) is 9.40. The lowest BCUT2D eigenvalue weighted by Crippen LogP contribution is -2.48. The number of likely N-dealkylation sites (N-methyl/N-ethyl adjacent to an activating group) is 2. The number of nitrogens with one attached hydrogen (secondary N) is 1. The zero-order valence-corrected chi connectivity index (χ0v) is 9.40. The number of hydrogen-bond donors (Lipinski definition) is 1. The highest BCUT2D eigenvalue weighted by molar-refractivity contribution is 5.78. The highest BCUT2D eigenvalue weighted by Gasteiger charge is 2.39. The van der Waals surface area contributed by atoms with Crippen molar-refractivity contribution in [1.82, 2.24) is 15.1 Å². The van der Waals surface area contributed by atoms with E-state index in [9.17, 15) is 4.79 Å². The van der Waals surface area contributed by atoms with E-state index in [4.69, 9.17) is 4.74 Å². The molecule has 5 nitrogen and oxygen atoms in total. The average molecular weight is 213 g/mol. The van der Waals surface area contributed by atoms with Gasteiger partial charge in [0.1, 0.15) is 0 Å². The molecule has 5 heteroatoms. The second-order valence-electron chi connectivity index (χ2n) is 4.29. The van der Waals surface area contributed by atoms with Crippen molar-refractivity contribution < 1.29 is 9.53 Å². The number of amides is 1. The molecule has 0 spiro atoms. The maximum atomic E-state index is 11.7. The van der Waals surface area contributed by atoms with Gasteiger partial charge in [-0.15, -0.1) is 0 Å². The minimum atomic E-state index is 0.170. The van der Waals surface area contributed by atoms with E-state index < -0.39 is 0 Å². The molecule has 1 N–H and O–H groups in total. The van der Waals surface area contributed by atoms with Crippen molar-refractivity contribution >= 4 is 5.91 Å². The first-order valence-corrected chi connectivity index (χ1v) is 5.46. The van der Waals surface area contributed by atoms with Crippen molar-refractivity contribution in [2.24, 2.45) is 0 Å². The van der Waals surface area contributed by atoms with E-state index in [0.717, 1.165) is 26.2 Å². The molecule has 2 fully saturated rings. The summed E-state index contributed by atoms with van der Waals surface area (Å²) < 4.78 is 5.67. The number of ether oxygens (including phenoxy) is 1. The highest BCUT2D eigenvalue weighted by atomic mass is 16.5. The van der Waals surface area contributed by atoms with Crippen LogP contribution in [-0.2, 0) is 9.53 Å². The van der Waals surface area contributed by atoms with Crippen LogP contribution in [0.25, 0.3) is 0 Å². The minimum Gasteiger partial charge on any atom is -0.373 e. The average Bonchev–Trinajstić information content (AvgIpc) is 2.63. The van der Waals surface area contributed by atoms with Crippen LogP contribution in [0.1, 0.15) is 0 Å². The standard InChI is InChI=1S/C10H19N3O2/c1-11-5-10(14)13-6-8-9(7-13)15-4-3-12(8)2/h8-9,11H,3-7H2,1-2H3/t8-,9+/m0/s1. The third kappa shape index (κ3) is 2.14. The van der Waals surface area contributed by atoms with E-state index in [1.807, 2.05) is 4.90 Å². The number of nitrogens with zero attached hydrogens (tertiary/aromatic N) is 2. The Hall–Kier alpha value is -0.650. The minimum absolute atomic E-state index is 0.170. The van der Waals surface area contributed by atoms with E-state index in [0.29, 0.717) is 12.6 Å². The molecule has 0 aromatic carbocycles. The second kappa shape index (κ2) is 4.47. The Morgan fingerprint density at radius 1 is 1.53 bits per heavy atom. The Kier molecular flexibility index (Phi) is 3.23. The molecule has 2 rings (SSSR count). The number of rotatable bonds is 2. The molecule has 0 aromatic rings. The van der Waals surface area contributed by atoms with Crippen LogP contribution in [-0.4, -0.2) is 74.7 Å². The second-order valence-corrected chi connectivity index (χ2v) is 4.29. The van der Waals surface area contributed by atoms with Gasteiger partial charge in [0.2, 0.25) is 5.91 Å². The van der Waals surface area contributed by atoms with Gasteiger partial charge in [0.05, 0.1) is 25.3 Å². The number of carbonyl (C=O) groups excluding carboxylic acids is 1. The van der Waals surface area contributed by atoms with Gasteiger partial charge in [-0.25, -0.2) is 0 Å². The largest absolute Gasteiger partial charge is 0.373 e. The van der Waals surface area contributed by atoms with Crippen molar-refractivity contribution in [1.29, 1.82) is 0 Å². The first kappa shape index (κ1) is 10.9. The topological polar surface area (TPSA) is 44.8 Å². The van der Waals surface area contributed by atoms with Crippen LogP contribution in [0.2, 0.25) is 0 Å². The van der Waals surface area contributed by atoms with E-state index in [-0.39, 0.29) is 12.0 Å². The van der Waals surface area contributed by atoms with Gasteiger partial charge in [0.15, 0.2) is 0 Å². The Labute approximate surface area is 90.4 Å². The van der Waals surface area contributed by atoms with Crippen molar-refractivity contribution in [2.75, 3.05) is 46.9 Å². The van der Waals surface area contributed by atoms with Crippen molar-refractivity contribution in [3.63, 3.8) is 0 Å². The smallest absolute Gasteiger partial charge is 0.236 e. The summed E-state index contributed by atoms with van der Waals surface area (Å²) in [6.45, 7) is 3.72. The predicted molar refractivity (Wildman–Crippen MR) is 56.7 cm³/mol. The van der Waals surface area contributed by atoms with Gasteiger partial charge >= 0.3 is 0 Å². The summed E-state index contributed by atoms with van der Waals surface area (Å²) in [5.74, 6) is 0.170. The summed E-state index contributed by atoms with van der Waals surface area (Å²) in [5, 5.41) is 2.89. The summed E-state index contributed by atoms with van der Waals surface area (Å²) in [4.78, 5) is 15.9. The Balaban J connectivity index is 1.94. The maximum absolute atomic E-state index is 11.7. The molecule has 0 aromatic heterocycles. The van der Waals surface area contributed by atoms with Crippen molar-refractivity contribution in [3.8, 4) is 0 Å². The van der Waals surface area contributed by atoms with Crippen LogP contribution in [0.15, 0.2) is 0 Å². The maximum Gasteiger partial charge on any atom is 0.236 e. The van der Waals surface area contributed by atoms with Crippen LogP contribution in [0, 0.1) is 0 Å². The van der Waals surface area contributed by atoms with E-state index in [2.05, 4.69) is 17.3 Å². The van der Waals surface area contributed by atoms with Gasteiger partial charge in [-0.3, -0.25) is 9.69 Å².